The van der Waals surface area contributed by atoms with Crippen LogP contribution < -0.4 is 20.9 Å². The maximum absolute atomic E-state index is 13.6. The summed E-state index contributed by atoms with van der Waals surface area (Å²) in [4.78, 5) is 39.7. The van der Waals surface area contributed by atoms with Crippen molar-refractivity contribution in [2.45, 2.75) is 20.3 Å². The molecule has 1 aromatic heterocycles. The van der Waals surface area contributed by atoms with Crippen molar-refractivity contribution in [1.82, 2.24) is 14.9 Å². The van der Waals surface area contributed by atoms with Gasteiger partial charge >= 0.3 is 0 Å². The second kappa shape index (κ2) is 13.3. The molecule has 0 aliphatic carbocycles. The molecule has 0 radical (unpaired) electrons. The summed E-state index contributed by atoms with van der Waals surface area (Å²) in [6.07, 6.45) is 2.99. The third-order valence-electron chi connectivity index (χ3n) is 7.61. The Morgan fingerprint density at radius 1 is 0.907 bits per heavy atom. The number of aryl methyl sites for hydroxylation is 2. The summed E-state index contributed by atoms with van der Waals surface area (Å²) in [5, 5.41) is 9.60. The molecule has 1 amide bonds. The molecule has 5 rings (SSSR count). The van der Waals surface area contributed by atoms with Gasteiger partial charge in [0.2, 0.25) is 5.95 Å². The minimum absolute atomic E-state index is 0.104. The van der Waals surface area contributed by atoms with Crippen LogP contribution in [0.5, 0.6) is 0 Å². The van der Waals surface area contributed by atoms with E-state index in [0.29, 0.717) is 17.5 Å². The summed E-state index contributed by atoms with van der Waals surface area (Å²) in [5.74, 6) is 0.196. The Kier molecular flexibility index (Phi) is 9.12. The van der Waals surface area contributed by atoms with E-state index in [1.54, 1.807) is 0 Å². The van der Waals surface area contributed by atoms with Gasteiger partial charge < -0.3 is 25.8 Å². The van der Waals surface area contributed by atoms with Crippen molar-refractivity contribution in [3.63, 3.8) is 0 Å². The number of nitrogens with one attached hydrogen (secondary N) is 3. The topological polar surface area (TPSA) is 102 Å². The van der Waals surface area contributed by atoms with Gasteiger partial charge in [-0.1, -0.05) is 43.0 Å². The van der Waals surface area contributed by atoms with E-state index in [-0.39, 0.29) is 23.7 Å². The van der Waals surface area contributed by atoms with Gasteiger partial charge in [0.05, 0.1) is 0 Å². The van der Waals surface area contributed by atoms with E-state index in [1.807, 2.05) is 68.4 Å². The summed E-state index contributed by atoms with van der Waals surface area (Å²) >= 11 is 0. The zero-order valence-electron chi connectivity index (χ0n) is 24.9. The van der Waals surface area contributed by atoms with Gasteiger partial charge in [0, 0.05) is 61.5 Å². The van der Waals surface area contributed by atoms with Crippen LogP contribution in [0.3, 0.4) is 0 Å². The number of carbonyl (C=O) groups is 2. The molecule has 1 aliphatic heterocycles. The molecular weight excluding hydrogens is 538 g/mol. The Morgan fingerprint density at radius 3 is 2.30 bits per heavy atom. The molecule has 1 saturated heterocycles. The lowest BCUT2D eigenvalue weighted by Crippen LogP contribution is -2.44. The third-order valence-corrected chi connectivity index (χ3v) is 7.61. The van der Waals surface area contributed by atoms with Crippen molar-refractivity contribution in [2.75, 3.05) is 54.1 Å². The first kappa shape index (κ1) is 29.5. The highest BCUT2D eigenvalue weighted by molar-refractivity contribution is 6.08. The Bertz CT molecular complexity index is 1610. The van der Waals surface area contributed by atoms with Crippen molar-refractivity contribution >= 4 is 46.2 Å². The number of hydrogen-bond acceptors (Lipinski definition) is 8. The lowest BCUT2D eigenvalue weighted by atomic mass is 10.1. The fraction of sp³-hybridized carbons (Fsp3) is 0.235. The molecule has 9 heteroatoms. The van der Waals surface area contributed by atoms with Gasteiger partial charge in [-0.3, -0.25) is 9.59 Å². The average molecular weight is 576 g/mol. The van der Waals surface area contributed by atoms with Crippen LogP contribution in [0.25, 0.3) is 0 Å². The Hall–Kier alpha value is -5.02. The molecule has 0 saturated carbocycles. The van der Waals surface area contributed by atoms with Gasteiger partial charge in [0.1, 0.15) is 11.4 Å². The molecule has 2 heterocycles. The second-order valence-corrected chi connectivity index (χ2v) is 10.8. The predicted octanol–water partition coefficient (Wildman–Crippen LogP) is 5.88. The van der Waals surface area contributed by atoms with Crippen molar-refractivity contribution in [1.29, 1.82) is 0 Å². The number of ketones is 1. The lowest BCUT2D eigenvalue weighted by molar-refractivity contribution is -0.114. The number of rotatable bonds is 10. The first-order valence-electron chi connectivity index (χ1n) is 14.4. The quantitative estimate of drug-likeness (QED) is 0.202. The summed E-state index contributed by atoms with van der Waals surface area (Å²) in [7, 11) is 2.14. The Morgan fingerprint density at radius 2 is 1.60 bits per heavy atom. The normalized spacial score (nSPS) is 13.3. The van der Waals surface area contributed by atoms with Gasteiger partial charge in [-0.15, -0.1) is 0 Å². The smallest absolute Gasteiger partial charge is 0.261 e. The van der Waals surface area contributed by atoms with Crippen molar-refractivity contribution in [3.05, 3.63) is 108 Å². The predicted molar refractivity (Wildman–Crippen MR) is 174 cm³/mol. The fourth-order valence-electron chi connectivity index (χ4n) is 5.03. The molecule has 1 aliphatic rings. The lowest BCUT2D eigenvalue weighted by Gasteiger charge is -2.34. The Balaban J connectivity index is 1.43. The maximum atomic E-state index is 13.6. The monoisotopic (exact) mass is 575 g/mol. The molecular formula is C34H37N7O2. The summed E-state index contributed by atoms with van der Waals surface area (Å²) in [5.41, 5.74) is 6.35. The van der Waals surface area contributed by atoms with Crippen molar-refractivity contribution in [3.8, 4) is 0 Å². The standard InChI is InChI=1S/C34H37N7O2/c1-5-28(42)21-25-11-6-7-12-30(25)37-32-29(33(43)38-31-23(2)9-8-10-24(31)3)22-35-34(39-32)36-26-13-15-27(16-14-26)41-19-17-40(4)18-20-41/h5-16,22H,1,17-21H2,2-4H3,(H,38,43)(H2,35,36,37,39). The Labute approximate surface area is 252 Å². The molecule has 1 fully saturated rings. The zero-order valence-corrected chi connectivity index (χ0v) is 24.9. The van der Waals surface area contributed by atoms with Crippen LogP contribution in [0.4, 0.5) is 34.5 Å². The molecule has 0 spiro atoms. The summed E-state index contributed by atoms with van der Waals surface area (Å²) in [6.45, 7) is 11.6. The van der Waals surface area contributed by atoms with Crippen LogP contribution >= 0.6 is 0 Å². The van der Waals surface area contributed by atoms with Crippen LogP contribution in [0, 0.1) is 13.8 Å². The third kappa shape index (κ3) is 7.25. The number of carbonyl (C=O) groups excluding carboxylic acids is 2. The van der Waals surface area contributed by atoms with Crippen molar-refractivity contribution < 1.29 is 9.59 Å². The molecule has 0 bridgehead atoms. The molecule has 0 unspecified atom stereocenters. The number of amides is 1. The minimum Gasteiger partial charge on any atom is -0.369 e. The maximum Gasteiger partial charge on any atom is 0.261 e. The number of piperazine rings is 1. The molecule has 0 atom stereocenters. The van der Waals surface area contributed by atoms with Gasteiger partial charge in [-0.25, -0.2) is 4.98 Å². The largest absolute Gasteiger partial charge is 0.369 e. The molecule has 3 N–H and O–H groups in total. The second-order valence-electron chi connectivity index (χ2n) is 10.8. The molecule has 220 valence electrons. The fourth-order valence-corrected chi connectivity index (χ4v) is 5.03. The number of anilines is 6. The van der Waals surface area contributed by atoms with E-state index in [2.05, 4.69) is 56.5 Å². The first-order chi connectivity index (χ1) is 20.8. The van der Waals surface area contributed by atoms with Crippen LogP contribution in [0.1, 0.15) is 27.0 Å². The average Bonchev–Trinajstić information content (AvgIpc) is 3.01. The van der Waals surface area contributed by atoms with Crippen LogP contribution in [-0.2, 0) is 11.2 Å². The molecule has 4 aromatic rings. The highest BCUT2D eigenvalue weighted by Gasteiger charge is 2.19. The van der Waals surface area contributed by atoms with Gasteiger partial charge in [0.25, 0.3) is 5.91 Å². The number of para-hydroxylation sites is 2. The number of nitrogens with zero attached hydrogens (tertiary/aromatic N) is 4. The zero-order chi connectivity index (χ0) is 30.3. The molecule has 9 nitrogen and oxygen atoms in total. The molecule has 3 aromatic carbocycles. The van der Waals surface area contributed by atoms with Gasteiger partial charge in [-0.2, -0.15) is 4.98 Å². The number of likely N-dealkylation sites (N-methyl/N-ethyl adjacent to an activating group) is 1. The number of hydrogen-bond donors (Lipinski definition) is 3. The SMILES string of the molecule is C=CC(=O)Cc1ccccc1Nc1nc(Nc2ccc(N3CCN(C)CC3)cc2)ncc1C(=O)Nc1c(C)cccc1C. The number of allylic oxidation sites excluding steroid dienone is 1. The first-order valence-corrected chi connectivity index (χ1v) is 14.4. The van der Waals surface area contributed by atoms with Gasteiger partial charge in [0.15, 0.2) is 5.78 Å². The minimum atomic E-state index is -0.345. The van der Waals surface area contributed by atoms with Crippen molar-refractivity contribution in [2.24, 2.45) is 0 Å². The highest BCUT2D eigenvalue weighted by Crippen LogP contribution is 2.27. The number of aromatic nitrogens is 2. The summed E-state index contributed by atoms with van der Waals surface area (Å²) in [6, 6.07) is 21.5. The summed E-state index contributed by atoms with van der Waals surface area (Å²) < 4.78 is 0. The van der Waals surface area contributed by atoms with Crippen LogP contribution in [0.15, 0.2) is 85.6 Å². The van der Waals surface area contributed by atoms with Crippen LogP contribution in [-0.4, -0.2) is 59.8 Å². The van der Waals surface area contributed by atoms with E-state index >= 15 is 0 Å². The van der Waals surface area contributed by atoms with E-state index < -0.39 is 0 Å². The van der Waals surface area contributed by atoms with E-state index in [1.165, 1.54) is 18.0 Å². The van der Waals surface area contributed by atoms with E-state index in [9.17, 15) is 9.59 Å². The highest BCUT2D eigenvalue weighted by atomic mass is 16.1. The number of benzene rings is 3. The van der Waals surface area contributed by atoms with E-state index in [4.69, 9.17) is 4.98 Å². The van der Waals surface area contributed by atoms with Gasteiger partial charge in [-0.05, 0) is 74.0 Å². The molecule has 43 heavy (non-hydrogen) atoms. The van der Waals surface area contributed by atoms with Crippen LogP contribution in [0.2, 0.25) is 0 Å². The van der Waals surface area contributed by atoms with E-state index in [0.717, 1.165) is 54.2 Å².